The number of hydrogen-bond donors (Lipinski definition) is 1. The zero-order valence-electron chi connectivity index (χ0n) is 13.0. The molecule has 0 saturated carbocycles. The Morgan fingerprint density at radius 1 is 1.14 bits per heavy atom. The van der Waals surface area contributed by atoms with Gasteiger partial charge in [-0.05, 0) is 44.9 Å². The predicted molar refractivity (Wildman–Crippen MR) is 87.3 cm³/mol. The van der Waals surface area contributed by atoms with E-state index in [4.69, 9.17) is 5.73 Å². The Labute approximate surface area is 130 Å². The number of thioether (sulfide) groups is 1. The quantitative estimate of drug-likeness (QED) is 0.677. The summed E-state index contributed by atoms with van der Waals surface area (Å²) in [6, 6.07) is 5.95. The van der Waals surface area contributed by atoms with Gasteiger partial charge in [0.2, 0.25) is 0 Å². The molecule has 5 heteroatoms. The van der Waals surface area contributed by atoms with Crippen LogP contribution in [-0.2, 0) is 0 Å². The second kappa shape index (κ2) is 7.00. The molecule has 0 aliphatic heterocycles. The average molecular weight is 302 g/mol. The van der Waals surface area contributed by atoms with Gasteiger partial charge in [-0.15, -0.1) is 0 Å². The summed E-state index contributed by atoms with van der Waals surface area (Å²) in [6.07, 6.45) is 2.69. The predicted octanol–water partition coefficient (Wildman–Crippen LogP) is 3.37. The Bertz CT molecular complexity index is 577. The molecule has 0 bridgehead atoms. The summed E-state index contributed by atoms with van der Waals surface area (Å²) in [5.41, 5.74) is 10.5. The molecule has 0 aliphatic carbocycles. The largest absolute Gasteiger partial charge is 0.326 e. The van der Waals surface area contributed by atoms with E-state index in [1.54, 1.807) is 18.0 Å². The molecule has 4 nitrogen and oxygen atoms in total. The SMILES string of the molecule is CCC(N)C(Sc1nc(C)c(C)c(C)n1)c1ccccn1. The molecule has 0 aliphatic rings. The highest BCUT2D eigenvalue weighted by Gasteiger charge is 2.22. The van der Waals surface area contributed by atoms with Crippen molar-refractivity contribution >= 4 is 11.8 Å². The van der Waals surface area contributed by atoms with Crippen molar-refractivity contribution in [1.82, 2.24) is 15.0 Å². The summed E-state index contributed by atoms with van der Waals surface area (Å²) < 4.78 is 0. The highest BCUT2D eigenvalue weighted by atomic mass is 32.2. The molecule has 112 valence electrons. The fourth-order valence-electron chi connectivity index (χ4n) is 2.03. The van der Waals surface area contributed by atoms with Crippen LogP contribution in [0.15, 0.2) is 29.6 Å². The minimum atomic E-state index is 0.0235. The second-order valence-electron chi connectivity index (χ2n) is 5.17. The average Bonchev–Trinajstić information content (AvgIpc) is 2.50. The van der Waals surface area contributed by atoms with Gasteiger partial charge in [-0.2, -0.15) is 0 Å². The normalized spacial score (nSPS) is 14.0. The second-order valence-corrected chi connectivity index (χ2v) is 6.28. The minimum Gasteiger partial charge on any atom is -0.326 e. The van der Waals surface area contributed by atoms with Crippen LogP contribution >= 0.6 is 11.8 Å². The third-order valence-electron chi connectivity index (χ3n) is 3.68. The maximum Gasteiger partial charge on any atom is 0.188 e. The first-order valence-corrected chi connectivity index (χ1v) is 8.06. The van der Waals surface area contributed by atoms with Gasteiger partial charge in [0.1, 0.15) is 0 Å². The van der Waals surface area contributed by atoms with Crippen molar-refractivity contribution in [3.63, 3.8) is 0 Å². The molecule has 0 spiro atoms. The fourth-order valence-corrected chi connectivity index (χ4v) is 3.27. The summed E-state index contributed by atoms with van der Waals surface area (Å²) in [5.74, 6) is 0. The van der Waals surface area contributed by atoms with Gasteiger partial charge in [-0.3, -0.25) is 4.98 Å². The first-order chi connectivity index (χ1) is 10.0. The third-order valence-corrected chi connectivity index (χ3v) is 4.92. The molecule has 0 saturated heterocycles. The van der Waals surface area contributed by atoms with E-state index in [2.05, 4.69) is 21.9 Å². The molecule has 2 aromatic rings. The fraction of sp³-hybridized carbons (Fsp3) is 0.438. The molecule has 2 rings (SSSR count). The Morgan fingerprint density at radius 2 is 1.81 bits per heavy atom. The summed E-state index contributed by atoms with van der Waals surface area (Å²) in [5, 5.41) is 0.841. The van der Waals surface area contributed by atoms with E-state index in [0.717, 1.165) is 34.2 Å². The summed E-state index contributed by atoms with van der Waals surface area (Å²) in [6.45, 7) is 8.17. The molecular formula is C16H22N4S. The van der Waals surface area contributed by atoms with Gasteiger partial charge in [-0.25, -0.2) is 9.97 Å². The molecule has 2 heterocycles. The standard InChI is InChI=1S/C16H22N4S/c1-5-13(17)15(14-8-6-7-9-18-14)21-16-19-11(3)10(2)12(4)20-16/h6-9,13,15H,5,17H2,1-4H3. The van der Waals surface area contributed by atoms with E-state index < -0.39 is 0 Å². The Morgan fingerprint density at radius 3 is 2.33 bits per heavy atom. The van der Waals surface area contributed by atoms with Crippen LogP contribution in [0.3, 0.4) is 0 Å². The van der Waals surface area contributed by atoms with Crippen LogP contribution in [0.1, 0.15) is 41.2 Å². The summed E-state index contributed by atoms with van der Waals surface area (Å²) in [7, 11) is 0. The number of hydrogen-bond acceptors (Lipinski definition) is 5. The summed E-state index contributed by atoms with van der Waals surface area (Å²) in [4.78, 5) is 13.6. The van der Waals surface area contributed by atoms with Crippen LogP contribution in [0.4, 0.5) is 0 Å². The van der Waals surface area contributed by atoms with Crippen LogP contribution < -0.4 is 5.73 Å². The maximum atomic E-state index is 6.29. The van der Waals surface area contributed by atoms with E-state index in [-0.39, 0.29) is 11.3 Å². The molecule has 2 N–H and O–H groups in total. The molecule has 0 fully saturated rings. The van der Waals surface area contributed by atoms with Gasteiger partial charge in [0.15, 0.2) is 5.16 Å². The first kappa shape index (κ1) is 15.9. The van der Waals surface area contributed by atoms with Crippen LogP contribution in [0.25, 0.3) is 0 Å². The van der Waals surface area contributed by atoms with Gasteiger partial charge in [0.25, 0.3) is 0 Å². The van der Waals surface area contributed by atoms with Gasteiger partial charge in [-0.1, -0.05) is 24.8 Å². The topological polar surface area (TPSA) is 64.7 Å². The lowest BCUT2D eigenvalue weighted by Crippen LogP contribution is -2.26. The van der Waals surface area contributed by atoms with Crippen molar-refractivity contribution in [3.8, 4) is 0 Å². The van der Waals surface area contributed by atoms with E-state index in [1.807, 2.05) is 39.0 Å². The van der Waals surface area contributed by atoms with Crippen molar-refractivity contribution in [3.05, 3.63) is 47.0 Å². The van der Waals surface area contributed by atoms with Crippen LogP contribution in [0, 0.1) is 20.8 Å². The van der Waals surface area contributed by atoms with E-state index in [1.165, 1.54) is 0 Å². The number of aryl methyl sites for hydroxylation is 2. The zero-order valence-corrected chi connectivity index (χ0v) is 13.8. The number of aromatic nitrogens is 3. The number of pyridine rings is 1. The molecule has 2 aromatic heterocycles. The molecule has 21 heavy (non-hydrogen) atoms. The Hall–Kier alpha value is -1.46. The number of rotatable bonds is 5. The van der Waals surface area contributed by atoms with E-state index in [9.17, 15) is 0 Å². The van der Waals surface area contributed by atoms with Gasteiger partial charge < -0.3 is 5.73 Å². The Kier molecular flexibility index (Phi) is 5.31. The maximum absolute atomic E-state index is 6.29. The smallest absolute Gasteiger partial charge is 0.188 e. The lowest BCUT2D eigenvalue weighted by molar-refractivity contribution is 0.622. The van der Waals surface area contributed by atoms with Gasteiger partial charge >= 0.3 is 0 Å². The minimum absolute atomic E-state index is 0.0235. The summed E-state index contributed by atoms with van der Waals surface area (Å²) >= 11 is 1.60. The van der Waals surface area contributed by atoms with E-state index >= 15 is 0 Å². The van der Waals surface area contributed by atoms with Crippen molar-refractivity contribution in [2.45, 2.75) is 50.6 Å². The molecule has 0 aromatic carbocycles. The van der Waals surface area contributed by atoms with Gasteiger partial charge in [0, 0.05) is 23.6 Å². The monoisotopic (exact) mass is 302 g/mol. The van der Waals surface area contributed by atoms with Crippen LogP contribution in [-0.4, -0.2) is 21.0 Å². The molecular weight excluding hydrogens is 280 g/mol. The highest BCUT2D eigenvalue weighted by molar-refractivity contribution is 7.99. The number of nitrogens with two attached hydrogens (primary N) is 1. The van der Waals surface area contributed by atoms with Crippen molar-refractivity contribution in [2.75, 3.05) is 0 Å². The third kappa shape index (κ3) is 3.80. The van der Waals surface area contributed by atoms with Crippen molar-refractivity contribution in [1.29, 1.82) is 0 Å². The molecule has 0 radical (unpaired) electrons. The number of nitrogens with zero attached hydrogens (tertiary/aromatic N) is 3. The molecule has 2 atom stereocenters. The lowest BCUT2D eigenvalue weighted by atomic mass is 10.1. The van der Waals surface area contributed by atoms with Crippen LogP contribution in [0.5, 0.6) is 0 Å². The zero-order chi connectivity index (χ0) is 15.4. The first-order valence-electron chi connectivity index (χ1n) is 7.18. The van der Waals surface area contributed by atoms with Crippen LogP contribution in [0.2, 0.25) is 0 Å². The highest BCUT2D eigenvalue weighted by Crippen LogP contribution is 2.35. The molecule has 0 amide bonds. The molecule has 2 unspecified atom stereocenters. The lowest BCUT2D eigenvalue weighted by Gasteiger charge is -2.21. The van der Waals surface area contributed by atoms with Crippen molar-refractivity contribution < 1.29 is 0 Å². The van der Waals surface area contributed by atoms with E-state index in [0.29, 0.717) is 0 Å². The van der Waals surface area contributed by atoms with Gasteiger partial charge in [0.05, 0.1) is 10.9 Å². The Balaban J connectivity index is 2.32. The van der Waals surface area contributed by atoms with Crippen molar-refractivity contribution in [2.24, 2.45) is 5.73 Å².